The minimum atomic E-state index is -4.07. The lowest BCUT2D eigenvalue weighted by atomic mass is 10.0. The molecule has 0 aromatic carbocycles. The van der Waals surface area contributed by atoms with Crippen molar-refractivity contribution in [3.8, 4) is 0 Å². The molecule has 2 rings (SSSR count). The predicted octanol–water partition coefficient (Wildman–Crippen LogP) is 3.04. The van der Waals surface area contributed by atoms with Crippen LogP contribution in [0, 0.1) is 0 Å². The van der Waals surface area contributed by atoms with Crippen LogP contribution in [-0.4, -0.2) is 37.3 Å². The van der Waals surface area contributed by atoms with Crippen LogP contribution < -0.4 is 5.32 Å². The van der Waals surface area contributed by atoms with E-state index in [-0.39, 0.29) is 12.5 Å². The maximum Gasteiger partial charge on any atom is 0.389 e. The second kappa shape index (κ2) is 6.04. The molecule has 2 nitrogen and oxygen atoms in total. The average molecular weight is 278 g/mol. The zero-order chi connectivity index (χ0) is 13.0. The Bertz CT molecular complexity index is 345. The molecular formula is C12H17F3N2S. The van der Waals surface area contributed by atoms with Gasteiger partial charge in [0.15, 0.2) is 0 Å². The van der Waals surface area contributed by atoms with Crippen molar-refractivity contribution < 1.29 is 13.2 Å². The average Bonchev–Trinajstić information content (AvgIpc) is 2.83. The molecule has 1 N–H and O–H groups in total. The summed E-state index contributed by atoms with van der Waals surface area (Å²) in [4.78, 5) is 2.16. The maximum absolute atomic E-state index is 12.4. The van der Waals surface area contributed by atoms with Gasteiger partial charge in [0, 0.05) is 38.6 Å². The molecule has 1 aliphatic heterocycles. The Morgan fingerprint density at radius 1 is 1.33 bits per heavy atom. The molecule has 0 saturated carbocycles. The Morgan fingerprint density at radius 3 is 2.61 bits per heavy atom. The molecule has 1 aromatic rings. The van der Waals surface area contributed by atoms with Crippen molar-refractivity contribution in [2.45, 2.75) is 25.1 Å². The summed E-state index contributed by atoms with van der Waals surface area (Å²) in [5.74, 6) is 0. The van der Waals surface area contributed by atoms with Crippen molar-refractivity contribution in [2.24, 2.45) is 0 Å². The molecule has 0 spiro atoms. The first-order chi connectivity index (χ1) is 8.56. The van der Waals surface area contributed by atoms with E-state index in [2.05, 4.69) is 10.2 Å². The van der Waals surface area contributed by atoms with Gasteiger partial charge in [-0.3, -0.25) is 4.90 Å². The second-order valence-electron chi connectivity index (χ2n) is 4.51. The summed E-state index contributed by atoms with van der Waals surface area (Å²) in [7, 11) is 0. The van der Waals surface area contributed by atoms with Gasteiger partial charge < -0.3 is 5.32 Å². The third-order valence-corrected chi connectivity index (χ3v) is 3.92. The molecule has 102 valence electrons. The molecule has 0 aliphatic carbocycles. The summed E-state index contributed by atoms with van der Waals surface area (Å²) >= 11 is 1.54. The van der Waals surface area contributed by atoms with Gasteiger partial charge in [0.05, 0.1) is 0 Å². The highest BCUT2D eigenvalue weighted by atomic mass is 32.1. The molecule has 18 heavy (non-hydrogen) atoms. The molecule has 1 saturated heterocycles. The van der Waals surface area contributed by atoms with E-state index in [0.29, 0.717) is 0 Å². The van der Waals surface area contributed by atoms with Crippen molar-refractivity contribution in [3.05, 3.63) is 22.4 Å². The molecule has 0 radical (unpaired) electrons. The SMILES string of the molecule is FC(F)(F)CC[C@@H](c1ccsc1)N1CCNCC1. The van der Waals surface area contributed by atoms with E-state index in [1.807, 2.05) is 16.8 Å². The lowest BCUT2D eigenvalue weighted by molar-refractivity contribution is -0.138. The number of thiophene rings is 1. The van der Waals surface area contributed by atoms with E-state index in [1.165, 1.54) is 0 Å². The zero-order valence-corrected chi connectivity index (χ0v) is 10.9. The molecule has 6 heteroatoms. The lowest BCUT2D eigenvalue weighted by Gasteiger charge is -2.35. The van der Waals surface area contributed by atoms with Gasteiger partial charge in [0.25, 0.3) is 0 Å². The zero-order valence-electron chi connectivity index (χ0n) is 10.0. The first-order valence-electron chi connectivity index (χ1n) is 6.10. The van der Waals surface area contributed by atoms with Gasteiger partial charge >= 0.3 is 6.18 Å². The Labute approximate surface area is 109 Å². The molecule has 2 heterocycles. The normalized spacial score (nSPS) is 19.9. The third kappa shape index (κ3) is 3.96. The lowest BCUT2D eigenvalue weighted by Crippen LogP contribution is -2.45. The standard InChI is InChI=1S/C12H17F3N2S/c13-12(14,15)3-1-11(10-2-8-18-9-10)17-6-4-16-5-7-17/h2,8-9,11,16H,1,3-7H2/t11-/m0/s1. The molecule has 0 amide bonds. The van der Waals surface area contributed by atoms with Crippen LogP contribution in [0.2, 0.25) is 0 Å². The smallest absolute Gasteiger partial charge is 0.314 e. The molecule has 1 aromatic heterocycles. The Hall–Kier alpha value is -0.590. The van der Waals surface area contributed by atoms with Gasteiger partial charge in [-0.05, 0) is 28.8 Å². The van der Waals surface area contributed by atoms with Crippen molar-refractivity contribution in [3.63, 3.8) is 0 Å². The predicted molar refractivity (Wildman–Crippen MR) is 66.8 cm³/mol. The van der Waals surface area contributed by atoms with Crippen LogP contribution in [0.1, 0.15) is 24.4 Å². The molecule has 1 aliphatic rings. The fraction of sp³-hybridized carbons (Fsp3) is 0.667. The Balaban J connectivity index is 2.03. The largest absolute Gasteiger partial charge is 0.389 e. The van der Waals surface area contributed by atoms with E-state index in [0.717, 1.165) is 31.7 Å². The summed E-state index contributed by atoms with van der Waals surface area (Å²) < 4.78 is 37.2. The van der Waals surface area contributed by atoms with E-state index < -0.39 is 12.6 Å². The Morgan fingerprint density at radius 2 is 2.06 bits per heavy atom. The summed E-state index contributed by atoms with van der Waals surface area (Å²) in [6, 6.07) is 1.84. The van der Waals surface area contributed by atoms with Gasteiger partial charge in [-0.25, -0.2) is 0 Å². The van der Waals surface area contributed by atoms with Crippen molar-refractivity contribution in [1.29, 1.82) is 0 Å². The van der Waals surface area contributed by atoms with E-state index in [4.69, 9.17) is 0 Å². The minimum absolute atomic E-state index is 0.0972. The third-order valence-electron chi connectivity index (χ3n) is 3.22. The number of nitrogens with zero attached hydrogens (tertiary/aromatic N) is 1. The quantitative estimate of drug-likeness (QED) is 0.910. The molecule has 0 unspecified atom stereocenters. The Kier molecular flexibility index (Phi) is 4.64. The van der Waals surface area contributed by atoms with Crippen LogP contribution in [-0.2, 0) is 0 Å². The highest BCUT2D eigenvalue weighted by Gasteiger charge is 2.31. The van der Waals surface area contributed by atoms with Crippen LogP contribution in [0.4, 0.5) is 13.2 Å². The van der Waals surface area contributed by atoms with Gasteiger partial charge in [-0.1, -0.05) is 0 Å². The summed E-state index contributed by atoms with van der Waals surface area (Å²) in [5, 5.41) is 7.12. The van der Waals surface area contributed by atoms with Gasteiger partial charge in [-0.2, -0.15) is 24.5 Å². The van der Waals surface area contributed by atoms with Crippen LogP contribution in [0.15, 0.2) is 16.8 Å². The molecule has 0 bridgehead atoms. The van der Waals surface area contributed by atoms with Gasteiger partial charge in [-0.15, -0.1) is 0 Å². The van der Waals surface area contributed by atoms with Crippen LogP contribution in [0.3, 0.4) is 0 Å². The van der Waals surface area contributed by atoms with Gasteiger partial charge in [0.1, 0.15) is 0 Å². The van der Waals surface area contributed by atoms with Crippen molar-refractivity contribution in [2.75, 3.05) is 26.2 Å². The summed E-state index contributed by atoms with van der Waals surface area (Å²) in [5.41, 5.74) is 1.02. The fourth-order valence-corrected chi connectivity index (χ4v) is 3.03. The monoisotopic (exact) mass is 278 g/mol. The van der Waals surface area contributed by atoms with Crippen molar-refractivity contribution >= 4 is 11.3 Å². The van der Waals surface area contributed by atoms with Crippen LogP contribution in [0.25, 0.3) is 0 Å². The molecule has 1 fully saturated rings. The van der Waals surface area contributed by atoms with Crippen molar-refractivity contribution in [1.82, 2.24) is 10.2 Å². The number of nitrogens with one attached hydrogen (secondary N) is 1. The molecular weight excluding hydrogens is 261 g/mol. The highest BCUT2D eigenvalue weighted by molar-refractivity contribution is 7.07. The topological polar surface area (TPSA) is 15.3 Å². The summed E-state index contributed by atoms with van der Waals surface area (Å²) in [6.07, 6.45) is -4.63. The van der Waals surface area contributed by atoms with E-state index in [1.54, 1.807) is 11.3 Å². The van der Waals surface area contributed by atoms with Crippen LogP contribution >= 0.6 is 11.3 Å². The number of halogens is 3. The number of alkyl halides is 3. The number of piperazine rings is 1. The van der Waals surface area contributed by atoms with Gasteiger partial charge in [0.2, 0.25) is 0 Å². The summed E-state index contributed by atoms with van der Waals surface area (Å²) in [6.45, 7) is 3.34. The highest BCUT2D eigenvalue weighted by Crippen LogP contribution is 2.32. The maximum atomic E-state index is 12.4. The first kappa shape index (κ1) is 13.8. The second-order valence-corrected chi connectivity index (χ2v) is 5.29. The first-order valence-corrected chi connectivity index (χ1v) is 7.04. The number of rotatable bonds is 4. The molecule has 1 atom stereocenters. The number of hydrogen-bond donors (Lipinski definition) is 1. The van der Waals surface area contributed by atoms with Crippen LogP contribution in [0.5, 0.6) is 0 Å². The van der Waals surface area contributed by atoms with E-state index in [9.17, 15) is 13.2 Å². The fourth-order valence-electron chi connectivity index (χ4n) is 2.32. The minimum Gasteiger partial charge on any atom is -0.314 e. The number of hydrogen-bond acceptors (Lipinski definition) is 3. The van der Waals surface area contributed by atoms with E-state index >= 15 is 0 Å².